The molecule has 25 heavy (non-hydrogen) atoms. The first-order chi connectivity index (χ1) is 12.0. The van der Waals surface area contributed by atoms with Gasteiger partial charge < -0.3 is 9.15 Å². The molecule has 0 unspecified atom stereocenters. The van der Waals surface area contributed by atoms with Crippen LogP contribution in [0.25, 0.3) is 11.5 Å². The lowest BCUT2D eigenvalue weighted by molar-refractivity contribution is -0.140. The molecule has 3 rings (SSSR count). The Labute approximate surface area is 145 Å². The van der Waals surface area contributed by atoms with Gasteiger partial charge in [-0.1, -0.05) is 0 Å². The van der Waals surface area contributed by atoms with Gasteiger partial charge in [-0.05, 0) is 44.0 Å². The van der Waals surface area contributed by atoms with Crippen LogP contribution in [0.1, 0.15) is 19.8 Å². The fraction of sp³-hybridized carbons (Fsp3) is 0.438. The largest absolute Gasteiger partial charge is 0.426 e. The molecule has 0 bridgehead atoms. The zero-order valence-corrected chi connectivity index (χ0v) is 14.6. The van der Waals surface area contributed by atoms with Crippen LogP contribution in [0, 0.1) is 5.92 Å². The van der Waals surface area contributed by atoms with Gasteiger partial charge in [0.2, 0.25) is 22.3 Å². The molecule has 9 heteroatoms. The average Bonchev–Trinajstić information content (AvgIpc) is 3.17. The number of esters is 1. The highest BCUT2D eigenvalue weighted by molar-refractivity contribution is 7.89. The van der Waals surface area contributed by atoms with E-state index >= 15 is 0 Å². The van der Waals surface area contributed by atoms with Crippen molar-refractivity contribution in [3.05, 3.63) is 30.7 Å². The smallest absolute Gasteiger partial charge is 0.314 e. The molecule has 134 valence electrons. The fourth-order valence-corrected chi connectivity index (χ4v) is 3.85. The van der Waals surface area contributed by atoms with E-state index in [1.165, 1.54) is 10.7 Å². The number of ether oxygens (including phenoxy) is 1. The van der Waals surface area contributed by atoms with E-state index in [1.807, 2.05) is 0 Å². The molecule has 0 radical (unpaired) electrons. The van der Waals surface area contributed by atoms with Crippen molar-refractivity contribution >= 4 is 16.0 Å². The van der Waals surface area contributed by atoms with Crippen LogP contribution in [0.5, 0.6) is 5.75 Å². The van der Waals surface area contributed by atoms with E-state index in [-0.39, 0.29) is 17.6 Å². The van der Waals surface area contributed by atoms with E-state index in [0.29, 0.717) is 37.6 Å². The molecule has 1 fully saturated rings. The van der Waals surface area contributed by atoms with Crippen molar-refractivity contribution in [2.45, 2.75) is 19.8 Å². The molecule has 1 aromatic heterocycles. The Morgan fingerprint density at radius 2 is 1.96 bits per heavy atom. The quantitative estimate of drug-likeness (QED) is 0.587. The lowest BCUT2D eigenvalue weighted by Crippen LogP contribution is -2.41. The second kappa shape index (κ2) is 7.32. The third-order valence-electron chi connectivity index (χ3n) is 4.23. The summed E-state index contributed by atoms with van der Waals surface area (Å²) in [5, 5.41) is 7.42. The van der Waals surface area contributed by atoms with E-state index in [0.717, 1.165) is 5.56 Å². The van der Waals surface area contributed by atoms with Crippen LogP contribution in [-0.2, 0) is 14.8 Å². The highest BCUT2D eigenvalue weighted by atomic mass is 32.2. The number of hydrogen-bond acceptors (Lipinski definition) is 7. The predicted octanol–water partition coefficient (Wildman–Crippen LogP) is 1.70. The van der Waals surface area contributed by atoms with Crippen LogP contribution in [0.15, 0.2) is 35.1 Å². The minimum atomic E-state index is -3.19. The Kier molecular flexibility index (Phi) is 5.14. The number of sulfonamides is 1. The van der Waals surface area contributed by atoms with Crippen molar-refractivity contribution < 1.29 is 22.4 Å². The second-order valence-electron chi connectivity index (χ2n) is 5.76. The van der Waals surface area contributed by atoms with Crippen molar-refractivity contribution in [3.63, 3.8) is 0 Å². The zero-order chi connectivity index (χ0) is 17.9. The number of aromatic nitrogens is 2. The highest BCUT2D eigenvalue weighted by Gasteiger charge is 2.31. The Hall–Kier alpha value is -2.26. The Balaban J connectivity index is 1.56. The minimum Gasteiger partial charge on any atom is -0.426 e. The van der Waals surface area contributed by atoms with Gasteiger partial charge in [0.05, 0.1) is 11.7 Å². The first kappa shape index (κ1) is 17.6. The summed E-state index contributed by atoms with van der Waals surface area (Å²) in [5.41, 5.74) is 0.732. The molecule has 0 N–H and O–H groups in total. The topological polar surface area (TPSA) is 103 Å². The van der Waals surface area contributed by atoms with Crippen molar-refractivity contribution in [1.29, 1.82) is 0 Å². The zero-order valence-electron chi connectivity index (χ0n) is 13.8. The van der Waals surface area contributed by atoms with Gasteiger partial charge in [0.25, 0.3) is 0 Å². The van der Waals surface area contributed by atoms with Crippen LogP contribution in [-0.4, -0.2) is 47.7 Å². The third kappa shape index (κ3) is 4.05. The summed E-state index contributed by atoms with van der Waals surface area (Å²) in [5.74, 6) is 0.270. The first-order valence-corrected chi connectivity index (χ1v) is 9.66. The van der Waals surface area contributed by atoms with Crippen LogP contribution < -0.4 is 4.74 Å². The van der Waals surface area contributed by atoms with E-state index in [4.69, 9.17) is 9.15 Å². The predicted molar refractivity (Wildman–Crippen MR) is 89.1 cm³/mol. The molecular weight excluding hydrogens is 346 g/mol. The maximum absolute atomic E-state index is 12.3. The summed E-state index contributed by atoms with van der Waals surface area (Å²) in [6, 6.07) is 6.78. The van der Waals surface area contributed by atoms with E-state index in [1.54, 1.807) is 31.2 Å². The number of hydrogen-bond donors (Lipinski definition) is 0. The SMILES string of the molecule is CCS(=O)(=O)N1CCC(C(=O)Oc2ccc(-c3nnco3)cc2)CC1. The summed E-state index contributed by atoms with van der Waals surface area (Å²) in [6.07, 6.45) is 2.19. The number of carbonyl (C=O) groups is 1. The van der Waals surface area contributed by atoms with Gasteiger partial charge in [0, 0.05) is 18.7 Å². The van der Waals surface area contributed by atoms with Gasteiger partial charge in [-0.3, -0.25) is 4.79 Å². The molecule has 1 saturated heterocycles. The van der Waals surface area contributed by atoms with Gasteiger partial charge in [-0.2, -0.15) is 0 Å². The van der Waals surface area contributed by atoms with Gasteiger partial charge in [0.1, 0.15) is 5.75 Å². The molecule has 8 nitrogen and oxygen atoms in total. The average molecular weight is 365 g/mol. The molecule has 0 saturated carbocycles. The number of rotatable bonds is 5. The van der Waals surface area contributed by atoms with Crippen molar-refractivity contribution in [2.75, 3.05) is 18.8 Å². The number of piperidine rings is 1. The molecular formula is C16H19N3O5S. The summed E-state index contributed by atoms with van der Waals surface area (Å²) < 4.78 is 35.6. The van der Waals surface area contributed by atoms with Crippen molar-refractivity contribution in [2.24, 2.45) is 5.92 Å². The van der Waals surface area contributed by atoms with Crippen LogP contribution >= 0.6 is 0 Å². The standard InChI is InChI=1S/C16H19N3O5S/c1-2-25(21,22)19-9-7-13(8-10-19)16(20)24-14-5-3-12(4-6-14)15-18-17-11-23-15/h3-6,11,13H,2,7-10H2,1H3. The normalized spacial score (nSPS) is 16.7. The lowest BCUT2D eigenvalue weighted by atomic mass is 9.98. The van der Waals surface area contributed by atoms with Crippen LogP contribution in [0.3, 0.4) is 0 Å². The van der Waals surface area contributed by atoms with Gasteiger partial charge >= 0.3 is 5.97 Å². The van der Waals surface area contributed by atoms with Gasteiger partial charge in [-0.25, -0.2) is 12.7 Å². The molecule has 0 aliphatic carbocycles. The maximum Gasteiger partial charge on any atom is 0.314 e. The van der Waals surface area contributed by atoms with E-state index in [9.17, 15) is 13.2 Å². The summed E-state index contributed by atoms with van der Waals surface area (Å²) in [7, 11) is -3.19. The lowest BCUT2D eigenvalue weighted by Gasteiger charge is -2.29. The summed E-state index contributed by atoms with van der Waals surface area (Å²) in [6.45, 7) is 2.33. The molecule has 2 heterocycles. The fourth-order valence-electron chi connectivity index (χ4n) is 2.72. The number of benzene rings is 1. The molecule has 0 atom stereocenters. The molecule has 1 aromatic carbocycles. The molecule has 1 aliphatic heterocycles. The van der Waals surface area contributed by atoms with Gasteiger partial charge in [-0.15, -0.1) is 10.2 Å². The second-order valence-corrected chi connectivity index (χ2v) is 8.02. The van der Waals surface area contributed by atoms with Crippen LogP contribution in [0.4, 0.5) is 0 Å². The Morgan fingerprint density at radius 1 is 1.28 bits per heavy atom. The minimum absolute atomic E-state index is 0.0779. The monoisotopic (exact) mass is 365 g/mol. The highest BCUT2D eigenvalue weighted by Crippen LogP contribution is 2.24. The van der Waals surface area contributed by atoms with E-state index < -0.39 is 10.0 Å². The summed E-state index contributed by atoms with van der Waals surface area (Å²) in [4.78, 5) is 12.3. The van der Waals surface area contributed by atoms with E-state index in [2.05, 4.69) is 10.2 Å². The third-order valence-corrected chi connectivity index (χ3v) is 6.11. The molecule has 0 amide bonds. The number of nitrogens with zero attached hydrogens (tertiary/aromatic N) is 3. The van der Waals surface area contributed by atoms with Crippen molar-refractivity contribution in [3.8, 4) is 17.2 Å². The first-order valence-electron chi connectivity index (χ1n) is 8.05. The Bertz CT molecular complexity index is 810. The molecule has 1 aliphatic rings. The van der Waals surface area contributed by atoms with Crippen molar-refractivity contribution in [1.82, 2.24) is 14.5 Å². The molecule has 0 spiro atoms. The molecule has 2 aromatic rings. The van der Waals surface area contributed by atoms with Crippen LogP contribution in [0.2, 0.25) is 0 Å². The maximum atomic E-state index is 12.3. The summed E-state index contributed by atoms with van der Waals surface area (Å²) >= 11 is 0. The van der Waals surface area contributed by atoms with Gasteiger partial charge in [0.15, 0.2) is 0 Å². The Morgan fingerprint density at radius 3 is 2.52 bits per heavy atom. The number of carbonyl (C=O) groups excluding carboxylic acids is 1.